The van der Waals surface area contributed by atoms with Crippen LogP contribution in [-0.2, 0) is 0 Å². The van der Waals surface area contributed by atoms with E-state index in [0.717, 1.165) is 22.5 Å². The van der Waals surface area contributed by atoms with Crippen LogP contribution in [0.3, 0.4) is 0 Å². The van der Waals surface area contributed by atoms with Gasteiger partial charge >= 0.3 is 0 Å². The van der Waals surface area contributed by atoms with Crippen molar-refractivity contribution in [1.29, 1.82) is 0 Å². The summed E-state index contributed by atoms with van der Waals surface area (Å²) in [5.74, 6) is 0. The van der Waals surface area contributed by atoms with Crippen LogP contribution in [0.5, 0.6) is 0 Å². The van der Waals surface area contributed by atoms with Crippen LogP contribution >= 0.6 is 0 Å². The fraction of sp³-hybridized carbons (Fsp3) is 0.0417. The highest BCUT2D eigenvalue weighted by Gasteiger charge is 2.18. The summed E-state index contributed by atoms with van der Waals surface area (Å²) in [5, 5.41) is 0.609. The molecule has 0 aliphatic carbocycles. The summed E-state index contributed by atoms with van der Waals surface area (Å²) in [6, 6.07) is 27.7. The van der Waals surface area contributed by atoms with Crippen LogP contribution in [0.1, 0.15) is 5.56 Å². The fourth-order valence-corrected chi connectivity index (χ4v) is 3.60. The first kappa shape index (κ1) is 15.6. The Hall–Kier alpha value is -3.59. The molecule has 2 heterocycles. The molecule has 0 aliphatic heterocycles. The second kappa shape index (κ2) is 5.99. The molecule has 0 amide bonds. The Morgan fingerprint density at radius 3 is 2.22 bits per heavy atom. The number of nitrogens with zero attached hydrogens (tertiary/aromatic N) is 1. The van der Waals surface area contributed by atoms with Gasteiger partial charge in [-0.1, -0.05) is 60.2 Å². The van der Waals surface area contributed by atoms with Crippen molar-refractivity contribution in [2.24, 2.45) is 0 Å². The number of para-hydroxylation sites is 1. The second-order valence-corrected chi connectivity index (χ2v) is 6.71. The number of fused-ring (bicyclic) bond motifs is 2. The van der Waals surface area contributed by atoms with Crippen LogP contribution in [-0.4, -0.2) is 4.57 Å². The molecule has 0 radical (unpaired) electrons. The zero-order valence-corrected chi connectivity index (χ0v) is 14.8. The zero-order chi connectivity index (χ0) is 18.4. The van der Waals surface area contributed by atoms with E-state index in [1.165, 1.54) is 0 Å². The summed E-state index contributed by atoms with van der Waals surface area (Å²) in [6.45, 7) is 1.98. The standard InChI is InChI=1S/C24H17NO2/c1-16-12-13-21-19(14-16)24(26)23-22(27-21)15-20(17-8-4-2-5-9-17)25(23)18-10-6-3-7-11-18/h2-15H,1H3. The van der Waals surface area contributed by atoms with Crippen LogP contribution in [0.4, 0.5) is 0 Å². The summed E-state index contributed by atoms with van der Waals surface area (Å²) < 4.78 is 8.12. The van der Waals surface area contributed by atoms with E-state index in [1.807, 2.05) is 96.4 Å². The van der Waals surface area contributed by atoms with Gasteiger partial charge < -0.3 is 8.98 Å². The third kappa shape index (κ3) is 2.48. The lowest BCUT2D eigenvalue weighted by atomic mass is 10.1. The number of benzene rings is 3. The smallest absolute Gasteiger partial charge is 0.217 e. The van der Waals surface area contributed by atoms with Gasteiger partial charge in [0.1, 0.15) is 11.1 Å². The van der Waals surface area contributed by atoms with Crippen molar-refractivity contribution < 1.29 is 4.42 Å². The normalized spacial score (nSPS) is 11.3. The molecule has 5 aromatic rings. The van der Waals surface area contributed by atoms with Crippen LogP contribution < -0.4 is 5.43 Å². The lowest BCUT2D eigenvalue weighted by Crippen LogP contribution is -2.08. The average Bonchev–Trinajstić information content (AvgIpc) is 3.10. The van der Waals surface area contributed by atoms with Crippen molar-refractivity contribution >= 4 is 22.1 Å². The molecule has 0 fully saturated rings. The Balaban J connectivity index is 1.97. The van der Waals surface area contributed by atoms with E-state index in [0.29, 0.717) is 22.1 Å². The molecule has 0 N–H and O–H groups in total. The Labute approximate surface area is 156 Å². The molecule has 130 valence electrons. The maximum atomic E-state index is 13.4. The van der Waals surface area contributed by atoms with Gasteiger partial charge in [0.25, 0.3) is 0 Å². The minimum absolute atomic E-state index is 0.0130. The Kier molecular flexibility index (Phi) is 3.47. The maximum Gasteiger partial charge on any atom is 0.217 e. The van der Waals surface area contributed by atoms with E-state index in [4.69, 9.17) is 4.42 Å². The van der Waals surface area contributed by atoms with E-state index in [1.54, 1.807) is 0 Å². The number of rotatable bonds is 2. The van der Waals surface area contributed by atoms with Crippen LogP contribution in [0.2, 0.25) is 0 Å². The summed E-state index contributed by atoms with van der Waals surface area (Å²) in [6.07, 6.45) is 0. The van der Waals surface area contributed by atoms with Crippen molar-refractivity contribution in [2.45, 2.75) is 6.92 Å². The molecule has 3 heteroatoms. The summed E-state index contributed by atoms with van der Waals surface area (Å²) in [7, 11) is 0. The van der Waals surface area contributed by atoms with Gasteiger partial charge in [0.2, 0.25) is 5.43 Å². The van der Waals surface area contributed by atoms with Crippen LogP contribution in [0, 0.1) is 6.92 Å². The first-order chi connectivity index (χ1) is 13.2. The molecular formula is C24H17NO2. The lowest BCUT2D eigenvalue weighted by molar-refractivity contribution is 0.660. The summed E-state index contributed by atoms with van der Waals surface area (Å²) in [4.78, 5) is 13.4. The monoisotopic (exact) mass is 351 g/mol. The quantitative estimate of drug-likeness (QED) is 0.408. The molecule has 3 aromatic carbocycles. The number of hydrogen-bond donors (Lipinski definition) is 0. The first-order valence-corrected chi connectivity index (χ1v) is 8.92. The predicted molar refractivity (Wildman–Crippen MR) is 109 cm³/mol. The largest absolute Gasteiger partial charge is 0.454 e. The minimum Gasteiger partial charge on any atom is -0.454 e. The van der Waals surface area contributed by atoms with Gasteiger partial charge in [-0.05, 0) is 36.8 Å². The topological polar surface area (TPSA) is 35.1 Å². The van der Waals surface area contributed by atoms with Crippen molar-refractivity contribution in [3.8, 4) is 16.9 Å². The SMILES string of the molecule is Cc1ccc2oc3cc(-c4ccccc4)n(-c4ccccc4)c3c(=O)c2c1. The first-order valence-electron chi connectivity index (χ1n) is 8.92. The molecule has 0 atom stereocenters. The Morgan fingerprint density at radius 2 is 1.48 bits per heavy atom. The van der Waals surface area contributed by atoms with Gasteiger partial charge in [-0.2, -0.15) is 0 Å². The summed E-state index contributed by atoms with van der Waals surface area (Å²) in [5.41, 5.74) is 5.71. The highest BCUT2D eigenvalue weighted by Crippen LogP contribution is 2.31. The van der Waals surface area contributed by atoms with Crippen LogP contribution in [0.15, 0.2) is 94.1 Å². The number of aromatic nitrogens is 1. The van der Waals surface area contributed by atoms with Gasteiger partial charge in [0.15, 0.2) is 5.58 Å². The van der Waals surface area contributed by atoms with Crippen molar-refractivity contribution in [1.82, 2.24) is 4.57 Å². The number of hydrogen-bond acceptors (Lipinski definition) is 2. The van der Waals surface area contributed by atoms with E-state index in [9.17, 15) is 4.79 Å². The zero-order valence-electron chi connectivity index (χ0n) is 14.8. The molecule has 27 heavy (non-hydrogen) atoms. The molecule has 0 saturated heterocycles. The predicted octanol–water partition coefficient (Wildman–Crippen LogP) is 5.71. The summed E-state index contributed by atoms with van der Waals surface area (Å²) >= 11 is 0. The van der Waals surface area contributed by atoms with Crippen molar-refractivity contribution in [3.05, 3.63) is 101 Å². The highest BCUT2D eigenvalue weighted by molar-refractivity contribution is 5.93. The maximum absolute atomic E-state index is 13.4. The van der Waals surface area contributed by atoms with Crippen molar-refractivity contribution in [2.75, 3.05) is 0 Å². The third-order valence-electron chi connectivity index (χ3n) is 4.86. The lowest BCUT2D eigenvalue weighted by Gasteiger charge is -2.10. The van der Waals surface area contributed by atoms with E-state index in [-0.39, 0.29) is 5.43 Å². The van der Waals surface area contributed by atoms with E-state index in [2.05, 4.69) is 0 Å². The average molecular weight is 351 g/mol. The second-order valence-electron chi connectivity index (χ2n) is 6.71. The highest BCUT2D eigenvalue weighted by atomic mass is 16.3. The van der Waals surface area contributed by atoms with E-state index < -0.39 is 0 Å². The molecule has 0 aliphatic rings. The van der Waals surface area contributed by atoms with Gasteiger partial charge in [-0.15, -0.1) is 0 Å². The molecule has 0 unspecified atom stereocenters. The fourth-order valence-electron chi connectivity index (χ4n) is 3.60. The minimum atomic E-state index is -0.0130. The van der Waals surface area contributed by atoms with Gasteiger partial charge in [0, 0.05) is 11.8 Å². The molecule has 3 nitrogen and oxygen atoms in total. The van der Waals surface area contributed by atoms with Crippen molar-refractivity contribution in [3.63, 3.8) is 0 Å². The van der Waals surface area contributed by atoms with Gasteiger partial charge in [-0.3, -0.25) is 4.79 Å². The third-order valence-corrected chi connectivity index (χ3v) is 4.86. The Bertz CT molecular complexity index is 1330. The molecule has 2 aromatic heterocycles. The molecular weight excluding hydrogens is 334 g/mol. The van der Waals surface area contributed by atoms with Gasteiger partial charge in [0.05, 0.1) is 11.1 Å². The van der Waals surface area contributed by atoms with Crippen LogP contribution in [0.25, 0.3) is 39.0 Å². The molecule has 0 spiro atoms. The number of aryl methyl sites for hydroxylation is 1. The molecule has 5 rings (SSSR count). The van der Waals surface area contributed by atoms with Gasteiger partial charge in [-0.25, -0.2) is 0 Å². The molecule has 0 bridgehead atoms. The van der Waals surface area contributed by atoms with E-state index >= 15 is 0 Å². The Morgan fingerprint density at radius 1 is 0.778 bits per heavy atom. The molecule has 0 saturated carbocycles.